The minimum atomic E-state index is -0.927. The lowest BCUT2D eigenvalue weighted by Gasteiger charge is -2.37. The minimum absolute atomic E-state index is 0.107. The molecule has 6 unspecified atom stereocenters. The predicted molar refractivity (Wildman–Crippen MR) is 114 cm³/mol. The van der Waals surface area contributed by atoms with Crippen molar-refractivity contribution >= 4 is 5.97 Å². The van der Waals surface area contributed by atoms with Crippen molar-refractivity contribution in [2.24, 2.45) is 17.3 Å². The molecule has 0 aromatic rings. The fourth-order valence-electron chi connectivity index (χ4n) is 4.54. The summed E-state index contributed by atoms with van der Waals surface area (Å²) in [6, 6.07) is 0. The molecule has 0 aromatic heterocycles. The molecule has 0 spiro atoms. The molecular formula is C24H42O6. The van der Waals surface area contributed by atoms with Gasteiger partial charge in [0.2, 0.25) is 5.79 Å². The average Bonchev–Trinajstić information content (AvgIpc) is 3.52. The van der Waals surface area contributed by atoms with Crippen molar-refractivity contribution in [3.63, 3.8) is 0 Å². The van der Waals surface area contributed by atoms with Crippen LogP contribution in [-0.4, -0.2) is 55.0 Å². The van der Waals surface area contributed by atoms with Gasteiger partial charge in [-0.05, 0) is 70.6 Å². The predicted octanol–water partition coefficient (Wildman–Crippen LogP) is 4.22. The van der Waals surface area contributed by atoms with Gasteiger partial charge in [0.25, 0.3) is 0 Å². The standard InChI is InChI=1S/C24H42O6/c1-5-23(3,4)22(26)27-16-24(6-2,28-14-17-8-7-9-19(25)12-17)29-15-18-10-11-20-21(13-18)30-20/h17-21,25H,5-16H2,1-4H3. The van der Waals surface area contributed by atoms with Gasteiger partial charge in [0.05, 0.1) is 36.9 Å². The maximum absolute atomic E-state index is 12.6. The number of fused-ring (bicyclic) bond motifs is 1. The topological polar surface area (TPSA) is 77.5 Å². The third-order valence-electron chi connectivity index (χ3n) is 7.43. The summed E-state index contributed by atoms with van der Waals surface area (Å²) in [5.41, 5.74) is -0.519. The summed E-state index contributed by atoms with van der Waals surface area (Å²) in [4.78, 5) is 12.6. The fraction of sp³-hybridized carbons (Fsp3) is 0.958. The zero-order chi connectivity index (χ0) is 21.8. The Kier molecular flexibility index (Phi) is 8.21. The molecule has 174 valence electrons. The average molecular weight is 427 g/mol. The van der Waals surface area contributed by atoms with Gasteiger partial charge in [-0.15, -0.1) is 0 Å². The number of ether oxygens (including phenoxy) is 4. The number of aliphatic hydroxyl groups is 1. The van der Waals surface area contributed by atoms with Gasteiger partial charge in [-0.3, -0.25) is 4.79 Å². The highest BCUT2D eigenvalue weighted by Crippen LogP contribution is 2.40. The van der Waals surface area contributed by atoms with Gasteiger partial charge in [-0.25, -0.2) is 0 Å². The van der Waals surface area contributed by atoms with Crippen molar-refractivity contribution in [1.29, 1.82) is 0 Å². The number of carbonyl (C=O) groups is 1. The van der Waals surface area contributed by atoms with E-state index in [4.69, 9.17) is 18.9 Å². The zero-order valence-electron chi connectivity index (χ0n) is 19.4. The van der Waals surface area contributed by atoms with Crippen LogP contribution in [0.5, 0.6) is 0 Å². The Balaban J connectivity index is 1.59. The molecule has 3 aliphatic rings. The second kappa shape index (κ2) is 10.3. The van der Waals surface area contributed by atoms with Crippen molar-refractivity contribution in [3.05, 3.63) is 0 Å². The molecule has 2 aliphatic carbocycles. The molecule has 6 nitrogen and oxygen atoms in total. The molecule has 3 fully saturated rings. The Bertz CT molecular complexity index is 552. The zero-order valence-corrected chi connectivity index (χ0v) is 19.4. The maximum atomic E-state index is 12.6. The normalized spacial score (nSPS) is 33.4. The van der Waals surface area contributed by atoms with E-state index in [-0.39, 0.29) is 18.7 Å². The van der Waals surface area contributed by atoms with Gasteiger partial charge in [-0.1, -0.05) is 20.3 Å². The summed E-state index contributed by atoms with van der Waals surface area (Å²) in [6.45, 7) is 9.06. The Morgan fingerprint density at radius 2 is 1.67 bits per heavy atom. The van der Waals surface area contributed by atoms with E-state index in [2.05, 4.69) is 0 Å². The smallest absolute Gasteiger partial charge is 0.311 e. The van der Waals surface area contributed by atoms with Crippen molar-refractivity contribution < 1.29 is 28.8 Å². The molecule has 1 aliphatic heterocycles. The summed E-state index contributed by atoms with van der Waals surface area (Å²) >= 11 is 0. The first-order chi connectivity index (χ1) is 14.3. The van der Waals surface area contributed by atoms with E-state index in [1.807, 2.05) is 27.7 Å². The minimum Gasteiger partial charge on any atom is -0.460 e. The van der Waals surface area contributed by atoms with Crippen LogP contribution in [0.3, 0.4) is 0 Å². The Labute approximate surface area is 182 Å². The van der Waals surface area contributed by atoms with Crippen molar-refractivity contribution in [3.8, 4) is 0 Å². The number of hydrogen-bond donors (Lipinski definition) is 1. The molecule has 1 N–H and O–H groups in total. The van der Waals surface area contributed by atoms with Crippen LogP contribution in [0.2, 0.25) is 0 Å². The monoisotopic (exact) mass is 426 g/mol. The van der Waals surface area contributed by atoms with Crippen LogP contribution < -0.4 is 0 Å². The SMILES string of the molecule is CCC(COC(=O)C(C)(C)CC)(OCC1CCCC(O)C1)OCC1CCC2OC2C1. The van der Waals surface area contributed by atoms with Crippen molar-refractivity contribution in [2.75, 3.05) is 19.8 Å². The second-order valence-electron chi connectivity index (χ2n) is 10.3. The lowest BCUT2D eigenvalue weighted by molar-refractivity contribution is -0.272. The molecule has 2 saturated carbocycles. The van der Waals surface area contributed by atoms with E-state index >= 15 is 0 Å². The van der Waals surface area contributed by atoms with Gasteiger partial charge >= 0.3 is 5.97 Å². The quantitative estimate of drug-likeness (QED) is 0.303. The van der Waals surface area contributed by atoms with Crippen LogP contribution in [0.25, 0.3) is 0 Å². The maximum Gasteiger partial charge on any atom is 0.311 e. The van der Waals surface area contributed by atoms with E-state index < -0.39 is 11.2 Å². The highest BCUT2D eigenvalue weighted by Gasteiger charge is 2.45. The molecule has 6 atom stereocenters. The Morgan fingerprint density at radius 3 is 2.27 bits per heavy atom. The number of rotatable bonds is 11. The largest absolute Gasteiger partial charge is 0.460 e. The molecule has 3 rings (SSSR count). The van der Waals surface area contributed by atoms with E-state index in [9.17, 15) is 9.90 Å². The first-order valence-corrected chi connectivity index (χ1v) is 12.1. The van der Waals surface area contributed by atoms with Gasteiger partial charge < -0.3 is 24.1 Å². The third kappa shape index (κ3) is 6.41. The molecular weight excluding hydrogens is 384 g/mol. The van der Waals surface area contributed by atoms with Crippen LogP contribution in [0.4, 0.5) is 0 Å². The molecule has 0 radical (unpaired) electrons. The molecule has 0 amide bonds. The van der Waals surface area contributed by atoms with Crippen LogP contribution in [0.15, 0.2) is 0 Å². The Morgan fingerprint density at radius 1 is 0.967 bits per heavy atom. The van der Waals surface area contributed by atoms with Gasteiger partial charge in [0.15, 0.2) is 0 Å². The summed E-state index contributed by atoms with van der Waals surface area (Å²) < 4.78 is 24.1. The summed E-state index contributed by atoms with van der Waals surface area (Å²) in [6.07, 6.45) is 8.98. The van der Waals surface area contributed by atoms with Gasteiger partial charge in [0, 0.05) is 6.42 Å². The fourth-order valence-corrected chi connectivity index (χ4v) is 4.54. The van der Waals surface area contributed by atoms with E-state index in [1.54, 1.807) is 0 Å². The first-order valence-electron chi connectivity index (χ1n) is 12.1. The second-order valence-corrected chi connectivity index (χ2v) is 10.3. The molecule has 30 heavy (non-hydrogen) atoms. The third-order valence-corrected chi connectivity index (χ3v) is 7.43. The molecule has 6 heteroatoms. The van der Waals surface area contributed by atoms with E-state index in [0.29, 0.717) is 43.7 Å². The lowest BCUT2D eigenvalue weighted by atomic mass is 9.88. The van der Waals surface area contributed by atoms with Crippen LogP contribution >= 0.6 is 0 Å². The van der Waals surface area contributed by atoms with E-state index in [0.717, 1.165) is 51.4 Å². The number of carbonyl (C=O) groups excluding carboxylic acids is 1. The van der Waals surface area contributed by atoms with Crippen LogP contribution in [0.1, 0.15) is 85.5 Å². The molecule has 0 bridgehead atoms. The van der Waals surface area contributed by atoms with E-state index in [1.165, 1.54) is 0 Å². The highest BCUT2D eigenvalue weighted by atomic mass is 16.7. The lowest BCUT2D eigenvalue weighted by Crippen LogP contribution is -2.45. The first kappa shape index (κ1) is 24.0. The van der Waals surface area contributed by atoms with Crippen molar-refractivity contribution in [2.45, 2.75) is 110 Å². The van der Waals surface area contributed by atoms with Crippen LogP contribution in [0, 0.1) is 17.3 Å². The summed E-state index contributed by atoms with van der Waals surface area (Å²) in [7, 11) is 0. The van der Waals surface area contributed by atoms with Gasteiger partial charge in [-0.2, -0.15) is 0 Å². The highest BCUT2D eigenvalue weighted by molar-refractivity contribution is 5.75. The number of hydrogen-bond acceptors (Lipinski definition) is 6. The van der Waals surface area contributed by atoms with Crippen molar-refractivity contribution in [1.82, 2.24) is 0 Å². The van der Waals surface area contributed by atoms with Crippen LogP contribution in [-0.2, 0) is 23.7 Å². The molecule has 1 heterocycles. The molecule has 0 aromatic carbocycles. The molecule has 1 saturated heterocycles. The number of epoxide rings is 1. The number of aliphatic hydroxyl groups excluding tert-OH is 1. The summed E-state index contributed by atoms with van der Waals surface area (Å²) in [5, 5.41) is 9.99. The summed E-state index contributed by atoms with van der Waals surface area (Å²) in [5.74, 6) is -0.359. The Hall–Kier alpha value is -0.690. The van der Waals surface area contributed by atoms with Gasteiger partial charge in [0.1, 0.15) is 6.61 Å². The number of esters is 1.